The maximum Gasteiger partial charge on any atom is 0.311 e. The van der Waals surface area contributed by atoms with Crippen LogP contribution in [0.3, 0.4) is 0 Å². The number of ether oxygens (including phenoxy) is 1. The van der Waals surface area contributed by atoms with E-state index >= 15 is 0 Å². The van der Waals surface area contributed by atoms with Gasteiger partial charge in [0.05, 0.1) is 18.7 Å². The normalized spacial score (nSPS) is 15.2. The number of esters is 1. The highest BCUT2D eigenvalue weighted by Crippen LogP contribution is 2.37. The topological polar surface area (TPSA) is 54.5 Å². The van der Waals surface area contributed by atoms with E-state index in [-0.39, 0.29) is 12.1 Å². The number of nitrogens with one attached hydrogen (secondary N) is 1. The molecule has 5 nitrogen and oxygen atoms in total. The third kappa shape index (κ3) is 4.55. The zero-order valence-corrected chi connectivity index (χ0v) is 17.1. The van der Waals surface area contributed by atoms with Crippen molar-refractivity contribution in [2.45, 2.75) is 26.1 Å². The largest absolute Gasteiger partial charge is 0.466 e. The highest BCUT2D eigenvalue weighted by atomic mass is 32.1. The second-order valence-electron chi connectivity index (χ2n) is 6.68. The number of thiophene rings is 1. The van der Waals surface area contributed by atoms with Crippen molar-refractivity contribution in [1.29, 1.82) is 0 Å². The van der Waals surface area contributed by atoms with Gasteiger partial charge < -0.3 is 9.64 Å². The Labute approximate surface area is 174 Å². The minimum absolute atomic E-state index is 0.0494. The summed E-state index contributed by atoms with van der Waals surface area (Å²) in [5.74, 6) is -0.187. The standard InChI is InChI=1S/C23H23N3O2S/c1-2-28-22(27)15-19-14-20-21(29-19)11-13-26(18-9-4-3-5-10-18)23(20)25-16-17-8-6-7-12-24-17/h3-14,23,25H,2,15-16H2,1H3. The van der Waals surface area contributed by atoms with Gasteiger partial charge in [-0.05, 0) is 43.3 Å². The smallest absolute Gasteiger partial charge is 0.311 e. The molecule has 1 N–H and O–H groups in total. The van der Waals surface area contributed by atoms with Gasteiger partial charge in [0, 0.05) is 39.9 Å². The molecule has 1 aliphatic heterocycles. The molecule has 1 aromatic carbocycles. The van der Waals surface area contributed by atoms with Crippen LogP contribution in [0.2, 0.25) is 0 Å². The third-order valence-corrected chi connectivity index (χ3v) is 5.80. The lowest BCUT2D eigenvalue weighted by Gasteiger charge is -2.34. The van der Waals surface area contributed by atoms with Crippen molar-refractivity contribution >= 4 is 29.1 Å². The van der Waals surface area contributed by atoms with Gasteiger partial charge in [-0.3, -0.25) is 15.1 Å². The molecule has 0 saturated carbocycles. The molecular formula is C23H23N3O2S. The van der Waals surface area contributed by atoms with E-state index in [2.05, 4.69) is 45.7 Å². The average Bonchev–Trinajstić information content (AvgIpc) is 3.16. The Bertz CT molecular complexity index is 986. The van der Waals surface area contributed by atoms with Crippen LogP contribution in [-0.2, 0) is 22.5 Å². The lowest BCUT2D eigenvalue weighted by Crippen LogP contribution is -2.36. The molecule has 0 aliphatic carbocycles. The SMILES string of the molecule is CCOC(=O)Cc1cc2c(s1)C=CN(c1ccccc1)C2NCc1ccccn1. The predicted octanol–water partition coefficient (Wildman–Crippen LogP) is 4.53. The third-order valence-electron chi connectivity index (χ3n) is 4.68. The molecule has 29 heavy (non-hydrogen) atoms. The fraction of sp³-hybridized carbons (Fsp3) is 0.217. The fourth-order valence-electron chi connectivity index (χ4n) is 3.39. The van der Waals surface area contributed by atoms with Crippen molar-refractivity contribution in [2.24, 2.45) is 0 Å². The number of benzene rings is 1. The van der Waals surface area contributed by atoms with Crippen LogP contribution in [0.1, 0.15) is 34.1 Å². The molecule has 0 radical (unpaired) electrons. The molecule has 0 bridgehead atoms. The first-order chi connectivity index (χ1) is 14.2. The second kappa shape index (κ2) is 9.03. The number of pyridine rings is 1. The molecule has 3 heterocycles. The van der Waals surface area contributed by atoms with Gasteiger partial charge in [-0.15, -0.1) is 11.3 Å². The summed E-state index contributed by atoms with van der Waals surface area (Å²) < 4.78 is 5.12. The lowest BCUT2D eigenvalue weighted by molar-refractivity contribution is -0.142. The molecule has 1 aliphatic rings. The fourth-order valence-corrected chi connectivity index (χ4v) is 4.47. The van der Waals surface area contributed by atoms with Crippen LogP contribution in [0.25, 0.3) is 6.08 Å². The highest BCUT2D eigenvalue weighted by molar-refractivity contribution is 7.13. The summed E-state index contributed by atoms with van der Waals surface area (Å²) in [5.41, 5.74) is 3.25. The maximum atomic E-state index is 11.9. The molecule has 0 spiro atoms. The maximum absolute atomic E-state index is 11.9. The number of carbonyl (C=O) groups excluding carboxylic acids is 1. The molecule has 0 fully saturated rings. The van der Waals surface area contributed by atoms with E-state index in [1.165, 1.54) is 0 Å². The summed E-state index contributed by atoms with van der Waals surface area (Å²) in [6.45, 7) is 2.88. The molecule has 1 atom stereocenters. The Morgan fingerprint density at radius 1 is 1.21 bits per heavy atom. The summed E-state index contributed by atoms with van der Waals surface area (Å²) in [5, 5.41) is 3.64. The quantitative estimate of drug-likeness (QED) is 0.586. The Hall–Kier alpha value is -2.96. The van der Waals surface area contributed by atoms with E-state index in [1.54, 1.807) is 17.5 Å². The zero-order chi connectivity index (χ0) is 20.1. The number of anilines is 1. The first-order valence-electron chi connectivity index (χ1n) is 9.67. The second-order valence-corrected chi connectivity index (χ2v) is 7.85. The van der Waals surface area contributed by atoms with Crippen LogP contribution < -0.4 is 10.2 Å². The molecule has 6 heteroatoms. The highest BCUT2D eigenvalue weighted by Gasteiger charge is 2.27. The first kappa shape index (κ1) is 19.4. The minimum Gasteiger partial charge on any atom is -0.466 e. The minimum atomic E-state index is -0.187. The lowest BCUT2D eigenvalue weighted by atomic mass is 10.1. The number of carbonyl (C=O) groups is 1. The van der Waals surface area contributed by atoms with Crippen LogP contribution in [0, 0.1) is 0 Å². The molecule has 0 saturated heterocycles. The van der Waals surface area contributed by atoms with Gasteiger partial charge in [-0.25, -0.2) is 0 Å². The zero-order valence-electron chi connectivity index (χ0n) is 16.2. The molecular weight excluding hydrogens is 382 g/mol. The van der Waals surface area contributed by atoms with Crippen molar-refractivity contribution in [2.75, 3.05) is 11.5 Å². The van der Waals surface area contributed by atoms with Gasteiger partial charge in [0.15, 0.2) is 0 Å². The molecule has 148 valence electrons. The first-order valence-corrected chi connectivity index (χ1v) is 10.5. The number of hydrogen-bond donors (Lipinski definition) is 1. The summed E-state index contributed by atoms with van der Waals surface area (Å²) >= 11 is 1.64. The van der Waals surface area contributed by atoms with Crippen molar-refractivity contribution in [3.63, 3.8) is 0 Å². The Morgan fingerprint density at radius 3 is 2.79 bits per heavy atom. The van der Waals surface area contributed by atoms with Crippen LogP contribution in [-0.4, -0.2) is 17.6 Å². The number of nitrogens with zero attached hydrogens (tertiary/aromatic N) is 2. The summed E-state index contributed by atoms with van der Waals surface area (Å²) in [7, 11) is 0. The van der Waals surface area contributed by atoms with Crippen LogP contribution in [0.15, 0.2) is 67.0 Å². The monoisotopic (exact) mass is 405 g/mol. The molecule has 4 rings (SSSR count). The van der Waals surface area contributed by atoms with Gasteiger partial charge in [0.1, 0.15) is 6.17 Å². The molecule has 1 unspecified atom stereocenters. The number of hydrogen-bond acceptors (Lipinski definition) is 6. The number of para-hydroxylation sites is 1. The van der Waals surface area contributed by atoms with Crippen LogP contribution in [0.4, 0.5) is 5.69 Å². The van der Waals surface area contributed by atoms with E-state index < -0.39 is 0 Å². The van der Waals surface area contributed by atoms with Gasteiger partial charge in [0.25, 0.3) is 0 Å². The number of fused-ring (bicyclic) bond motifs is 1. The number of aromatic nitrogens is 1. The van der Waals surface area contributed by atoms with Gasteiger partial charge in [-0.2, -0.15) is 0 Å². The predicted molar refractivity (Wildman–Crippen MR) is 116 cm³/mol. The Morgan fingerprint density at radius 2 is 2.03 bits per heavy atom. The van der Waals surface area contributed by atoms with E-state index in [9.17, 15) is 4.79 Å². The van der Waals surface area contributed by atoms with Gasteiger partial charge in [0.2, 0.25) is 0 Å². The Balaban J connectivity index is 1.62. The van der Waals surface area contributed by atoms with Gasteiger partial charge in [-0.1, -0.05) is 24.3 Å². The van der Waals surface area contributed by atoms with E-state index in [1.807, 2.05) is 43.3 Å². The summed E-state index contributed by atoms with van der Waals surface area (Å²) in [4.78, 5) is 20.7. The van der Waals surface area contributed by atoms with Crippen molar-refractivity contribution in [1.82, 2.24) is 10.3 Å². The number of rotatable bonds is 7. The Kier molecular flexibility index (Phi) is 6.03. The van der Waals surface area contributed by atoms with Crippen LogP contribution >= 0.6 is 11.3 Å². The average molecular weight is 406 g/mol. The van der Waals surface area contributed by atoms with E-state index in [0.29, 0.717) is 19.6 Å². The molecule has 3 aromatic rings. The van der Waals surface area contributed by atoms with Crippen molar-refractivity contribution in [3.8, 4) is 0 Å². The van der Waals surface area contributed by atoms with Crippen LogP contribution in [0.5, 0.6) is 0 Å². The van der Waals surface area contributed by atoms with Crippen molar-refractivity contribution < 1.29 is 9.53 Å². The van der Waals surface area contributed by atoms with E-state index in [4.69, 9.17) is 4.74 Å². The summed E-state index contributed by atoms with van der Waals surface area (Å²) in [6, 6.07) is 18.3. The molecule has 0 amide bonds. The molecule has 2 aromatic heterocycles. The summed E-state index contributed by atoms with van der Waals surface area (Å²) in [6.07, 6.45) is 6.27. The van der Waals surface area contributed by atoms with Crippen molar-refractivity contribution in [3.05, 3.63) is 88.0 Å². The van der Waals surface area contributed by atoms with Gasteiger partial charge >= 0.3 is 5.97 Å². The van der Waals surface area contributed by atoms with E-state index in [0.717, 1.165) is 26.7 Å².